The van der Waals surface area contributed by atoms with Crippen LogP contribution in [0.2, 0.25) is 0 Å². The molecule has 1 atom stereocenters. The lowest BCUT2D eigenvalue weighted by Crippen LogP contribution is -2.00. The van der Waals surface area contributed by atoms with E-state index in [0.29, 0.717) is 5.16 Å². The molecule has 2 heterocycles. The number of hydrogen-bond donors (Lipinski definition) is 0. The highest BCUT2D eigenvalue weighted by atomic mass is 32.2. The fraction of sp³-hybridized carbons (Fsp3) is 0.286. The summed E-state index contributed by atoms with van der Waals surface area (Å²) in [7, 11) is 0. The third-order valence-corrected chi connectivity index (χ3v) is 3.98. The third kappa shape index (κ3) is 2.00. The topological polar surface area (TPSA) is 67.4 Å². The van der Waals surface area contributed by atoms with Crippen molar-refractivity contribution in [2.45, 2.75) is 30.8 Å². The molecule has 0 aliphatic rings. The van der Waals surface area contributed by atoms with E-state index in [1.54, 1.807) is 0 Å². The van der Waals surface area contributed by atoms with Crippen LogP contribution in [0.15, 0.2) is 29.4 Å². The average Bonchev–Trinajstić information content (AvgIpc) is 2.80. The van der Waals surface area contributed by atoms with Crippen molar-refractivity contribution in [1.82, 2.24) is 19.7 Å². The molecule has 0 aliphatic heterocycles. The maximum absolute atomic E-state index is 8.87. The first-order valence-corrected chi connectivity index (χ1v) is 7.30. The molecule has 6 heteroatoms. The van der Waals surface area contributed by atoms with E-state index in [0.717, 1.165) is 28.6 Å². The highest BCUT2D eigenvalue weighted by molar-refractivity contribution is 8.00. The van der Waals surface area contributed by atoms with E-state index in [1.165, 1.54) is 11.8 Å². The van der Waals surface area contributed by atoms with Crippen molar-refractivity contribution in [1.29, 1.82) is 5.26 Å². The SMILES string of the molecule is CCn1c2ccccc2c2nnc(SC(C)C#N)nc21. The highest BCUT2D eigenvalue weighted by Crippen LogP contribution is 2.27. The Morgan fingerprint density at radius 1 is 1.35 bits per heavy atom. The normalized spacial score (nSPS) is 12.7. The molecular formula is C14H13N5S. The molecule has 0 spiro atoms. The van der Waals surface area contributed by atoms with Crippen LogP contribution in [0, 0.1) is 11.3 Å². The van der Waals surface area contributed by atoms with Crippen molar-refractivity contribution in [2.24, 2.45) is 0 Å². The van der Waals surface area contributed by atoms with Gasteiger partial charge in [0.1, 0.15) is 5.52 Å². The van der Waals surface area contributed by atoms with Gasteiger partial charge in [-0.25, -0.2) is 4.98 Å². The Kier molecular flexibility index (Phi) is 3.28. The second-order valence-electron chi connectivity index (χ2n) is 4.42. The van der Waals surface area contributed by atoms with E-state index < -0.39 is 0 Å². The summed E-state index contributed by atoms with van der Waals surface area (Å²) in [6, 6.07) is 10.3. The third-order valence-electron chi connectivity index (χ3n) is 3.13. The van der Waals surface area contributed by atoms with E-state index in [4.69, 9.17) is 5.26 Å². The van der Waals surface area contributed by atoms with Gasteiger partial charge in [-0.05, 0) is 19.9 Å². The zero-order chi connectivity index (χ0) is 14.1. The Morgan fingerprint density at radius 2 is 2.15 bits per heavy atom. The predicted molar refractivity (Wildman–Crippen MR) is 79.4 cm³/mol. The standard InChI is InChI=1S/C14H13N5S/c1-3-19-11-7-5-4-6-10(11)12-13(19)16-14(18-17-12)20-9(2)8-15/h4-7,9H,3H2,1-2H3. The Hall–Kier alpha value is -2.13. The van der Waals surface area contributed by atoms with Gasteiger partial charge in [-0.2, -0.15) is 5.26 Å². The summed E-state index contributed by atoms with van der Waals surface area (Å²) in [5.41, 5.74) is 2.76. The van der Waals surface area contributed by atoms with Gasteiger partial charge in [-0.15, -0.1) is 10.2 Å². The van der Waals surface area contributed by atoms with Crippen molar-refractivity contribution >= 4 is 33.8 Å². The van der Waals surface area contributed by atoms with Crippen molar-refractivity contribution in [2.75, 3.05) is 0 Å². The van der Waals surface area contributed by atoms with Crippen molar-refractivity contribution < 1.29 is 0 Å². The number of benzene rings is 1. The van der Waals surface area contributed by atoms with Crippen LogP contribution >= 0.6 is 11.8 Å². The molecule has 1 aromatic carbocycles. The largest absolute Gasteiger partial charge is 0.324 e. The lowest BCUT2D eigenvalue weighted by atomic mass is 10.2. The van der Waals surface area contributed by atoms with Gasteiger partial charge in [-0.3, -0.25) is 0 Å². The number of hydrogen-bond acceptors (Lipinski definition) is 5. The van der Waals surface area contributed by atoms with E-state index in [-0.39, 0.29) is 5.25 Å². The molecule has 100 valence electrons. The van der Waals surface area contributed by atoms with Crippen LogP contribution in [-0.2, 0) is 6.54 Å². The molecule has 2 aromatic heterocycles. The van der Waals surface area contributed by atoms with Crippen LogP contribution in [-0.4, -0.2) is 25.0 Å². The average molecular weight is 283 g/mol. The maximum atomic E-state index is 8.87. The molecule has 0 aliphatic carbocycles. The van der Waals surface area contributed by atoms with Crippen molar-refractivity contribution in [3.8, 4) is 6.07 Å². The Bertz CT molecular complexity index is 817. The number of aromatic nitrogens is 4. The van der Waals surface area contributed by atoms with Crippen molar-refractivity contribution in [3.63, 3.8) is 0 Å². The fourth-order valence-corrected chi connectivity index (χ4v) is 2.84. The van der Waals surface area contributed by atoms with E-state index in [2.05, 4.69) is 38.8 Å². The number of thioether (sulfide) groups is 1. The zero-order valence-corrected chi connectivity index (χ0v) is 12.1. The van der Waals surface area contributed by atoms with E-state index >= 15 is 0 Å². The highest BCUT2D eigenvalue weighted by Gasteiger charge is 2.14. The molecule has 0 fully saturated rings. The van der Waals surface area contributed by atoms with Gasteiger partial charge in [-0.1, -0.05) is 30.0 Å². The van der Waals surface area contributed by atoms with Crippen LogP contribution in [0.3, 0.4) is 0 Å². The number of fused-ring (bicyclic) bond motifs is 3. The number of nitriles is 1. The Labute approximate surface area is 120 Å². The molecule has 5 nitrogen and oxygen atoms in total. The van der Waals surface area contributed by atoms with Crippen LogP contribution in [0.1, 0.15) is 13.8 Å². The van der Waals surface area contributed by atoms with E-state index in [9.17, 15) is 0 Å². The van der Waals surface area contributed by atoms with Gasteiger partial charge >= 0.3 is 0 Å². The zero-order valence-electron chi connectivity index (χ0n) is 11.2. The second kappa shape index (κ2) is 5.10. The first-order valence-electron chi connectivity index (χ1n) is 6.42. The number of aryl methyl sites for hydroxylation is 1. The summed E-state index contributed by atoms with van der Waals surface area (Å²) in [4.78, 5) is 4.57. The summed E-state index contributed by atoms with van der Waals surface area (Å²) < 4.78 is 2.13. The molecule has 0 saturated carbocycles. The number of rotatable bonds is 3. The quantitative estimate of drug-likeness (QED) is 0.691. The molecule has 0 bridgehead atoms. The summed E-state index contributed by atoms with van der Waals surface area (Å²) in [6.45, 7) is 4.73. The van der Waals surface area contributed by atoms with Crippen molar-refractivity contribution in [3.05, 3.63) is 24.3 Å². The molecule has 0 N–H and O–H groups in total. The summed E-state index contributed by atoms with van der Waals surface area (Å²) in [5, 5.41) is 18.7. The molecular weight excluding hydrogens is 270 g/mol. The number of nitrogens with zero attached hydrogens (tertiary/aromatic N) is 5. The van der Waals surface area contributed by atoms with Gasteiger partial charge in [0.25, 0.3) is 0 Å². The van der Waals surface area contributed by atoms with Crippen LogP contribution < -0.4 is 0 Å². The van der Waals surface area contributed by atoms with Gasteiger partial charge in [0.2, 0.25) is 5.16 Å². The van der Waals surface area contributed by atoms with Gasteiger partial charge in [0, 0.05) is 11.9 Å². The van der Waals surface area contributed by atoms with Crippen LogP contribution in [0.4, 0.5) is 0 Å². The molecule has 1 unspecified atom stereocenters. The fourth-order valence-electron chi connectivity index (χ4n) is 2.24. The van der Waals surface area contributed by atoms with E-state index in [1.807, 2.05) is 25.1 Å². The molecule has 20 heavy (non-hydrogen) atoms. The lowest BCUT2D eigenvalue weighted by molar-refractivity contribution is 0.789. The molecule has 3 aromatic rings. The Morgan fingerprint density at radius 3 is 2.90 bits per heavy atom. The Balaban J connectivity index is 2.23. The molecule has 0 amide bonds. The van der Waals surface area contributed by atoms with Gasteiger partial charge < -0.3 is 4.57 Å². The minimum Gasteiger partial charge on any atom is -0.324 e. The number of para-hydroxylation sites is 1. The van der Waals surface area contributed by atoms with Crippen LogP contribution in [0.25, 0.3) is 22.1 Å². The minimum atomic E-state index is -0.186. The lowest BCUT2D eigenvalue weighted by Gasteiger charge is -2.03. The first kappa shape index (κ1) is 12.9. The summed E-state index contributed by atoms with van der Waals surface area (Å²) in [5.74, 6) is 0. The minimum absolute atomic E-state index is 0.186. The van der Waals surface area contributed by atoms with Crippen LogP contribution in [0.5, 0.6) is 0 Å². The summed E-state index contributed by atoms with van der Waals surface area (Å²) >= 11 is 1.33. The molecule has 0 saturated heterocycles. The maximum Gasteiger partial charge on any atom is 0.212 e. The monoisotopic (exact) mass is 283 g/mol. The predicted octanol–water partition coefficient (Wildman–Crippen LogP) is 3.00. The summed E-state index contributed by atoms with van der Waals surface area (Å²) in [6.07, 6.45) is 0. The first-order chi connectivity index (χ1) is 9.74. The smallest absolute Gasteiger partial charge is 0.212 e. The molecule has 3 rings (SSSR count). The second-order valence-corrected chi connectivity index (χ2v) is 5.73. The van der Waals surface area contributed by atoms with Gasteiger partial charge in [0.15, 0.2) is 5.65 Å². The van der Waals surface area contributed by atoms with Gasteiger partial charge in [0.05, 0.1) is 16.8 Å². The molecule has 0 radical (unpaired) electrons.